The number of thiophene rings is 1. The Kier molecular flexibility index (Phi) is 3.91. The molecule has 21 heavy (non-hydrogen) atoms. The van der Waals surface area contributed by atoms with Gasteiger partial charge in [-0.15, -0.1) is 11.3 Å². The highest BCUT2D eigenvalue weighted by molar-refractivity contribution is 9.10. The summed E-state index contributed by atoms with van der Waals surface area (Å²) < 4.78 is 1.27. The van der Waals surface area contributed by atoms with Crippen LogP contribution < -0.4 is 5.32 Å². The summed E-state index contributed by atoms with van der Waals surface area (Å²) in [5.74, 6) is 0.726. The Balaban J connectivity index is 1.39. The van der Waals surface area contributed by atoms with E-state index in [-0.39, 0.29) is 0 Å². The Bertz CT molecular complexity index is 630. The van der Waals surface area contributed by atoms with E-state index in [0.717, 1.165) is 5.92 Å². The van der Waals surface area contributed by atoms with Crippen LogP contribution in [0.2, 0.25) is 0 Å². The van der Waals surface area contributed by atoms with Crippen LogP contribution in [0.5, 0.6) is 0 Å². The zero-order chi connectivity index (χ0) is 14.2. The first-order chi connectivity index (χ1) is 10.3. The number of aryl methyl sites for hydroxylation is 1. The van der Waals surface area contributed by atoms with E-state index in [1.807, 2.05) is 11.3 Å². The first kappa shape index (κ1) is 14.0. The standard InChI is InChI=1S/C18H20BrNS/c19-16-5-2-1-4-14(16)12-10-13(11-12)20-17-6-3-7-18-15(17)8-9-21-18/h1-2,4-5,8-9,12-13,17,20H,3,6-7,10-11H2. The van der Waals surface area contributed by atoms with Crippen molar-refractivity contribution in [3.8, 4) is 0 Å². The second-order valence-electron chi connectivity index (χ2n) is 6.30. The predicted molar refractivity (Wildman–Crippen MR) is 93.0 cm³/mol. The molecule has 1 unspecified atom stereocenters. The van der Waals surface area contributed by atoms with Gasteiger partial charge in [0, 0.05) is 21.4 Å². The third-order valence-corrected chi connectivity index (χ3v) is 6.69. The van der Waals surface area contributed by atoms with Crippen molar-refractivity contribution in [2.75, 3.05) is 0 Å². The van der Waals surface area contributed by atoms with Gasteiger partial charge in [-0.25, -0.2) is 0 Å². The molecule has 2 aliphatic rings. The molecule has 1 aromatic carbocycles. The van der Waals surface area contributed by atoms with Crippen LogP contribution in [0.3, 0.4) is 0 Å². The van der Waals surface area contributed by atoms with E-state index in [1.165, 1.54) is 42.1 Å². The number of hydrogen-bond acceptors (Lipinski definition) is 2. The van der Waals surface area contributed by atoms with Crippen LogP contribution in [-0.2, 0) is 6.42 Å². The van der Waals surface area contributed by atoms with Crippen LogP contribution in [0.15, 0.2) is 40.2 Å². The normalized spacial score (nSPS) is 28.0. The van der Waals surface area contributed by atoms with E-state index >= 15 is 0 Å². The van der Waals surface area contributed by atoms with Gasteiger partial charge in [-0.1, -0.05) is 34.1 Å². The molecule has 1 saturated carbocycles. The maximum absolute atomic E-state index is 3.91. The fourth-order valence-electron chi connectivity index (χ4n) is 3.76. The molecule has 0 aliphatic heterocycles. The molecule has 1 N–H and O–H groups in total. The van der Waals surface area contributed by atoms with Gasteiger partial charge in [0.1, 0.15) is 0 Å². The van der Waals surface area contributed by atoms with Crippen molar-refractivity contribution in [2.24, 2.45) is 0 Å². The molecule has 1 heterocycles. The van der Waals surface area contributed by atoms with Crippen LogP contribution in [0, 0.1) is 0 Å². The highest BCUT2D eigenvalue weighted by atomic mass is 79.9. The van der Waals surface area contributed by atoms with Crippen LogP contribution in [-0.4, -0.2) is 6.04 Å². The summed E-state index contributed by atoms with van der Waals surface area (Å²) in [6.45, 7) is 0. The minimum Gasteiger partial charge on any atom is -0.307 e. The number of benzene rings is 1. The number of fused-ring (bicyclic) bond motifs is 1. The van der Waals surface area contributed by atoms with Crippen molar-refractivity contribution >= 4 is 27.3 Å². The highest BCUT2D eigenvalue weighted by Crippen LogP contribution is 2.42. The monoisotopic (exact) mass is 361 g/mol. The Morgan fingerprint density at radius 1 is 1.10 bits per heavy atom. The lowest BCUT2D eigenvalue weighted by molar-refractivity contribution is 0.255. The Labute approximate surface area is 138 Å². The molecule has 4 rings (SSSR count). The second kappa shape index (κ2) is 5.86. The Hall–Kier alpha value is -0.640. The van der Waals surface area contributed by atoms with Crippen molar-refractivity contribution in [1.29, 1.82) is 0 Å². The fourth-order valence-corrected chi connectivity index (χ4v) is 5.35. The lowest BCUT2D eigenvalue weighted by Gasteiger charge is -2.40. The van der Waals surface area contributed by atoms with Crippen molar-refractivity contribution in [1.82, 2.24) is 5.32 Å². The molecule has 1 aromatic heterocycles. The number of nitrogens with one attached hydrogen (secondary N) is 1. The molecule has 0 amide bonds. The van der Waals surface area contributed by atoms with E-state index in [9.17, 15) is 0 Å². The molecular formula is C18H20BrNS. The molecule has 3 heteroatoms. The number of rotatable bonds is 3. The van der Waals surface area contributed by atoms with Crippen LogP contribution in [0.4, 0.5) is 0 Å². The SMILES string of the molecule is Brc1ccccc1C1CC(NC2CCCc3sccc32)C1. The third-order valence-electron chi connectivity index (χ3n) is 4.97. The first-order valence-electron chi connectivity index (χ1n) is 7.88. The molecule has 0 saturated heterocycles. The summed E-state index contributed by atoms with van der Waals surface area (Å²) in [5, 5.41) is 6.17. The van der Waals surface area contributed by atoms with Gasteiger partial charge in [-0.3, -0.25) is 0 Å². The second-order valence-corrected chi connectivity index (χ2v) is 8.15. The van der Waals surface area contributed by atoms with E-state index in [0.29, 0.717) is 12.1 Å². The number of hydrogen-bond donors (Lipinski definition) is 1. The Morgan fingerprint density at radius 2 is 1.95 bits per heavy atom. The summed E-state index contributed by atoms with van der Waals surface area (Å²) in [6, 6.07) is 12.3. The van der Waals surface area contributed by atoms with Gasteiger partial charge in [0.2, 0.25) is 0 Å². The van der Waals surface area contributed by atoms with Crippen molar-refractivity contribution in [2.45, 2.75) is 50.1 Å². The van der Waals surface area contributed by atoms with Gasteiger partial charge in [-0.2, -0.15) is 0 Å². The summed E-state index contributed by atoms with van der Waals surface area (Å²) in [7, 11) is 0. The first-order valence-corrected chi connectivity index (χ1v) is 9.55. The van der Waals surface area contributed by atoms with Gasteiger partial charge in [0.15, 0.2) is 0 Å². The van der Waals surface area contributed by atoms with Gasteiger partial charge >= 0.3 is 0 Å². The van der Waals surface area contributed by atoms with Crippen molar-refractivity contribution in [3.63, 3.8) is 0 Å². The lowest BCUT2D eigenvalue weighted by atomic mass is 9.75. The highest BCUT2D eigenvalue weighted by Gasteiger charge is 2.33. The zero-order valence-corrected chi connectivity index (χ0v) is 14.4. The zero-order valence-electron chi connectivity index (χ0n) is 12.0. The van der Waals surface area contributed by atoms with Crippen LogP contribution in [0.1, 0.15) is 53.6 Å². The molecule has 0 radical (unpaired) electrons. The largest absolute Gasteiger partial charge is 0.307 e. The smallest absolute Gasteiger partial charge is 0.0333 e. The van der Waals surface area contributed by atoms with E-state index in [1.54, 1.807) is 10.4 Å². The summed E-state index contributed by atoms with van der Waals surface area (Å²) in [5.41, 5.74) is 3.06. The maximum Gasteiger partial charge on any atom is 0.0333 e. The molecule has 1 atom stereocenters. The van der Waals surface area contributed by atoms with Gasteiger partial charge in [0.05, 0.1) is 0 Å². The maximum atomic E-state index is 3.91. The van der Waals surface area contributed by atoms with Gasteiger partial charge in [0.25, 0.3) is 0 Å². The molecule has 110 valence electrons. The van der Waals surface area contributed by atoms with E-state index < -0.39 is 0 Å². The topological polar surface area (TPSA) is 12.0 Å². The Morgan fingerprint density at radius 3 is 2.81 bits per heavy atom. The minimum atomic E-state index is 0.602. The van der Waals surface area contributed by atoms with Gasteiger partial charge in [-0.05, 0) is 66.7 Å². The average Bonchev–Trinajstić information content (AvgIpc) is 2.93. The molecule has 0 bridgehead atoms. The fraction of sp³-hybridized carbons (Fsp3) is 0.444. The molecule has 2 aliphatic carbocycles. The van der Waals surface area contributed by atoms with Crippen LogP contribution in [0.25, 0.3) is 0 Å². The van der Waals surface area contributed by atoms with Crippen molar-refractivity contribution in [3.05, 3.63) is 56.2 Å². The molecule has 1 fully saturated rings. The van der Waals surface area contributed by atoms with Crippen molar-refractivity contribution < 1.29 is 0 Å². The van der Waals surface area contributed by atoms with Crippen LogP contribution >= 0.6 is 27.3 Å². The summed E-state index contributed by atoms with van der Waals surface area (Å²) in [4.78, 5) is 1.61. The van der Waals surface area contributed by atoms with Gasteiger partial charge < -0.3 is 5.32 Å². The molecule has 0 spiro atoms. The third kappa shape index (κ3) is 2.71. The van der Waals surface area contributed by atoms with E-state index in [2.05, 4.69) is 57.0 Å². The quantitative estimate of drug-likeness (QED) is 0.768. The molecule has 1 nitrogen and oxygen atoms in total. The molecular weight excluding hydrogens is 342 g/mol. The molecule has 2 aromatic rings. The predicted octanol–water partition coefficient (Wildman–Crippen LogP) is 5.42. The minimum absolute atomic E-state index is 0.602. The number of halogens is 1. The lowest BCUT2D eigenvalue weighted by Crippen LogP contribution is -2.42. The average molecular weight is 362 g/mol. The van der Waals surface area contributed by atoms with E-state index in [4.69, 9.17) is 0 Å². The summed E-state index contributed by atoms with van der Waals surface area (Å²) in [6.07, 6.45) is 6.48. The summed E-state index contributed by atoms with van der Waals surface area (Å²) >= 11 is 5.62.